The van der Waals surface area contributed by atoms with E-state index >= 15 is 0 Å². The fraction of sp³-hybridized carbons (Fsp3) is 0.588. The van der Waals surface area contributed by atoms with Crippen LogP contribution in [0.5, 0.6) is 0 Å². The molecule has 1 aromatic rings. The zero-order valence-corrected chi connectivity index (χ0v) is 13.4. The molecule has 6 heteroatoms. The molecule has 2 unspecified atom stereocenters. The SMILES string of the molecule is O=CCC(C=O)(N1CCNCC1)N1CCCC1c1ccncc1. The lowest BCUT2D eigenvalue weighted by Crippen LogP contribution is -2.65. The predicted molar refractivity (Wildman–Crippen MR) is 86.8 cm³/mol. The highest BCUT2D eigenvalue weighted by Crippen LogP contribution is 2.39. The maximum atomic E-state index is 12.2. The molecule has 0 spiro atoms. The molecule has 6 nitrogen and oxygen atoms in total. The van der Waals surface area contributed by atoms with Crippen LogP contribution in [0.3, 0.4) is 0 Å². The van der Waals surface area contributed by atoms with Crippen molar-refractivity contribution in [3.63, 3.8) is 0 Å². The van der Waals surface area contributed by atoms with Gasteiger partial charge >= 0.3 is 0 Å². The minimum atomic E-state index is -0.825. The Labute approximate surface area is 136 Å². The van der Waals surface area contributed by atoms with Crippen molar-refractivity contribution in [1.82, 2.24) is 20.1 Å². The lowest BCUT2D eigenvalue weighted by molar-refractivity contribution is -0.141. The summed E-state index contributed by atoms with van der Waals surface area (Å²) in [6, 6.07) is 4.19. The highest BCUT2D eigenvalue weighted by Gasteiger charge is 2.47. The van der Waals surface area contributed by atoms with Crippen LogP contribution in [-0.2, 0) is 9.59 Å². The highest BCUT2D eigenvalue weighted by molar-refractivity contribution is 5.70. The number of aldehydes is 2. The summed E-state index contributed by atoms with van der Waals surface area (Å²) in [5.74, 6) is 0. The molecule has 2 fully saturated rings. The standard InChI is InChI=1S/C17H24N4O2/c22-13-5-17(14-23,20-11-8-19-9-12-20)21-10-1-2-16(21)15-3-6-18-7-4-15/h3-4,6-7,13-14,16,19H,1-2,5,8-12H2. The van der Waals surface area contributed by atoms with Crippen molar-refractivity contribution >= 4 is 12.6 Å². The number of carbonyl (C=O) groups is 2. The predicted octanol–water partition coefficient (Wildman–Crippen LogP) is 0.608. The van der Waals surface area contributed by atoms with Gasteiger partial charge in [0.15, 0.2) is 6.29 Å². The highest BCUT2D eigenvalue weighted by atomic mass is 16.1. The van der Waals surface area contributed by atoms with Crippen LogP contribution in [0.4, 0.5) is 0 Å². The van der Waals surface area contributed by atoms with E-state index in [2.05, 4.69) is 20.1 Å². The van der Waals surface area contributed by atoms with Gasteiger partial charge in [-0.05, 0) is 30.5 Å². The molecule has 1 aromatic heterocycles. The number of aromatic nitrogens is 1. The Kier molecular flexibility index (Phi) is 5.15. The second-order valence-corrected chi connectivity index (χ2v) is 6.24. The average molecular weight is 316 g/mol. The van der Waals surface area contributed by atoms with Crippen LogP contribution in [0.15, 0.2) is 24.5 Å². The first kappa shape index (κ1) is 16.2. The van der Waals surface area contributed by atoms with Gasteiger partial charge in [-0.2, -0.15) is 0 Å². The van der Waals surface area contributed by atoms with Gasteiger partial charge in [0.2, 0.25) is 0 Å². The smallest absolute Gasteiger partial charge is 0.155 e. The normalized spacial score (nSPS) is 25.8. The summed E-state index contributed by atoms with van der Waals surface area (Å²) in [4.78, 5) is 32.1. The van der Waals surface area contributed by atoms with Crippen molar-refractivity contribution in [1.29, 1.82) is 0 Å². The molecule has 0 bridgehead atoms. The number of hydrogen-bond acceptors (Lipinski definition) is 6. The van der Waals surface area contributed by atoms with Gasteiger partial charge in [-0.1, -0.05) is 0 Å². The summed E-state index contributed by atoms with van der Waals surface area (Å²) < 4.78 is 0. The van der Waals surface area contributed by atoms with E-state index in [-0.39, 0.29) is 12.5 Å². The number of rotatable bonds is 6. The maximum absolute atomic E-state index is 12.2. The first-order valence-electron chi connectivity index (χ1n) is 8.34. The summed E-state index contributed by atoms with van der Waals surface area (Å²) >= 11 is 0. The first-order chi connectivity index (χ1) is 11.3. The van der Waals surface area contributed by atoms with Crippen molar-refractivity contribution in [2.45, 2.75) is 31.0 Å². The maximum Gasteiger partial charge on any atom is 0.155 e. The van der Waals surface area contributed by atoms with E-state index in [4.69, 9.17) is 0 Å². The van der Waals surface area contributed by atoms with E-state index < -0.39 is 5.66 Å². The van der Waals surface area contributed by atoms with Crippen molar-refractivity contribution in [2.24, 2.45) is 0 Å². The molecule has 3 rings (SSSR count). The zero-order chi connectivity index (χ0) is 16.1. The molecule has 2 saturated heterocycles. The molecule has 1 N–H and O–H groups in total. The van der Waals surface area contributed by atoms with Gasteiger partial charge in [-0.25, -0.2) is 0 Å². The molecule has 124 valence electrons. The Morgan fingerprint density at radius 2 is 1.96 bits per heavy atom. The van der Waals surface area contributed by atoms with E-state index in [1.807, 2.05) is 12.1 Å². The second kappa shape index (κ2) is 7.29. The Balaban J connectivity index is 1.94. The number of carbonyl (C=O) groups excluding carboxylic acids is 2. The van der Waals surface area contributed by atoms with E-state index in [0.717, 1.165) is 58.1 Å². The molecule has 0 saturated carbocycles. The molecule has 0 amide bonds. The molecule has 0 aromatic carbocycles. The molecule has 2 aliphatic rings. The van der Waals surface area contributed by atoms with E-state index in [0.29, 0.717) is 0 Å². The van der Waals surface area contributed by atoms with Crippen molar-refractivity contribution in [2.75, 3.05) is 32.7 Å². The first-order valence-corrected chi connectivity index (χ1v) is 8.34. The number of hydrogen-bond donors (Lipinski definition) is 1. The van der Waals surface area contributed by atoms with E-state index in [1.54, 1.807) is 12.4 Å². The van der Waals surface area contributed by atoms with Gasteiger partial charge in [0, 0.05) is 57.6 Å². The molecule has 2 aliphatic heterocycles. The Bertz CT molecular complexity index is 533. The van der Waals surface area contributed by atoms with Crippen LogP contribution in [0, 0.1) is 0 Å². The molecule has 23 heavy (non-hydrogen) atoms. The molecule has 2 atom stereocenters. The van der Waals surface area contributed by atoms with Crippen molar-refractivity contribution < 1.29 is 9.59 Å². The summed E-state index contributed by atoms with van der Waals surface area (Å²) in [6.45, 7) is 4.10. The molecular weight excluding hydrogens is 292 g/mol. The fourth-order valence-corrected chi connectivity index (χ4v) is 3.96. The van der Waals surface area contributed by atoms with Gasteiger partial charge in [0.05, 0.1) is 0 Å². The van der Waals surface area contributed by atoms with Gasteiger partial charge in [-0.3, -0.25) is 19.6 Å². The molecular formula is C17H24N4O2. The minimum absolute atomic E-state index is 0.165. The zero-order valence-electron chi connectivity index (χ0n) is 13.4. The monoisotopic (exact) mass is 316 g/mol. The number of pyridine rings is 1. The van der Waals surface area contributed by atoms with E-state index in [1.165, 1.54) is 5.56 Å². The van der Waals surface area contributed by atoms with Crippen LogP contribution in [0.1, 0.15) is 30.9 Å². The largest absolute Gasteiger partial charge is 0.314 e. The van der Waals surface area contributed by atoms with Gasteiger partial charge < -0.3 is 10.1 Å². The number of likely N-dealkylation sites (tertiary alicyclic amines) is 1. The summed E-state index contributed by atoms with van der Waals surface area (Å²) in [5.41, 5.74) is 0.346. The van der Waals surface area contributed by atoms with Crippen LogP contribution in [0.25, 0.3) is 0 Å². The lowest BCUT2D eigenvalue weighted by Gasteiger charge is -2.49. The summed E-state index contributed by atoms with van der Waals surface area (Å²) in [6.07, 6.45) is 7.72. The summed E-state index contributed by atoms with van der Waals surface area (Å²) in [5, 5.41) is 3.31. The third-order valence-electron chi connectivity index (χ3n) is 5.08. The van der Waals surface area contributed by atoms with Crippen LogP contribution < -0.4 is 5.32 Å². The second-order valence-electron chi connectivity index (χ2n) is 6.24. The quantitative estimate of drug-likeness (QED) is 0.776. The lowest BCUT2D eigenvalue weighted by atomic mass is 9.98. The number of nitrogens with zero attached hydrogens (tertiary/aromatic N) is 3. The molecule has 0 radical (unpaired) electrons. The van der Waals surface area contributed by atoms with Gasteiger partial charge in [0.25, 0.3) is 0 Å². The van der Waals surface area contributed by atoms with Crippen molar-refractivity contribution in [3.05, 3.63) is 30.1 Å². The number of nitrogens with one attached hydrogen (secondary N) is 1. The fourth-order valence-electron chi connectivity index (χ4n) is 3.96. The third kappa shape index (κ3) is 3.06. The molecule has 3 heterocycles. The number of piperazine rings is 1. The van der Waals surface area contributed by atoms with Crippen molar-refractivity contribution in [3.8, 4) is 0 Å². The van der Waals surface area contributed by atoms with Gasteiger partial charge in [-0.15, -0.1) is 0 Å². The Morgan fingerprint density at radius 3 is 2.61 bits per heavy atom. The van der Waals surface area contributed by atoms with Gasteiger partial charge in [0.1, 0.15) is 11.9 Å². The van der Waals surface area contributed by atoms with Crippen LogP contribution >= 0.6 is 0 Å². The topological polar surface area (TPSA) is 65.5 Å². The Hall–Kier alpha value is -1.63. The summed E-state index contributed by atoms with van der Waals surface area (Å²) in [7, 11) is 0. The van der Waals surface area contributed by atoms with Crippen LogP contribution in [-0.4, -0.2) is 65.7 Å². The average Bonchev–Trinajstić information content (AvgIpc) is 3.11. The minimum Gasteiger partial charge on any atom is -0.314 e. The Morgan fingerprint density at radius 1 is 1.22 bits per heavy atom. The van der Waals surface area contributed by atoms with Crippen LogP contribution in [0.2, 0.25) is 0 Å². The van der Waals surface area contributed by atoms with E-state index in [9.17, 15) is 9.59 Å². The third-order valence-corrected chi connectivity index (χ3v) is 5.08. The molecule has 0 aliphatic carbocycles.